The largest absolute Gasteiger partial charge is 0.663 e. The topological polar surface area (TPSA) is 80.1 Å². The number of carbonyl (C=O) groups excluding carboxylic acids is 1. The smallest absolute Gasteiger partial charge is 0.216 e. The third kappa shape index (κ3) is 22.8. The van der Waals surface area contributed by atoms with Crippen molar-refractivity contribution in [3.8, 4) is 0 Å². The van der Waals surface area contributed by atoms with Gasteiger partial charge in [0.05, 0.1) is 46.2 Å². The van der Waals surface area contributed by atoms with Gasteiger partial charge in [0.25, 0.3) is 0 Å². The summed E-state index contributed by atoms with van der Waals surface area (Å²) in [6.07, 6.45) is 0. The van der Waals surface area contributed by atoms with E-state index in [1.807, 2.05) is 0 Å². The van der Waals surface area contributed by atoms with Gasteiger partial charge in [0.1, 0.15) is 0 Å². The van der Waals surface area contributed by atoms with E-state index in [0.29, 0.717) is 59.4 Å². The maximum absolute atomic E-state index is 10.6. The van der Waals surface area contributed by atoms with Gasteiger partial charge in [-0.2, -0.15) is 7.05 Å². The molecule has 0 atom stereocenters. The van der Waals surface area contributed by atoms with Crippen LogP contribution in [0, 0.1) is 0 Å². The van der Waals surface area contributed by atoms with Gasteiger partial charge < -0.3 is 29.6 Å². The van der Waals surface area contributed by atoms with Gasteiger partial charge in [-0.3, -0.25) is 4.79 Å². The molecule has 1 N–H and O–H groups in total. The number of ether oxygens (including phenoxy) is 4. The Bertz CT molecular complexity index is 223. The van der Waals surface area contributed by atoms with Crippen molar-refractivity contribution in [1.82, 2.24) is 5.32 Å². The van der Waals surface area contributed by atoms with E-state index in [1.54, 1.807) is 7.05 Å². The Morgan fingerprint density at radius 3 is 1.71 bits per heavy atom. The average Bonchev–Trinajstić information content (AvgIpc) is 2.43. The molecule has 1 amide bonds. The summed E-state index contributed by atoms with van der Waals surface area (Å²) in [6.45, 7) is 7.17. The first-order chi connectivity index (χ1) is 9.77. The minimum atomic E-state index is -0.0462. The zero-order chi connectivity index (χ0) is 14.9. The summed E-state index contributed by atoms with van der Waals surface area (Å²) in [6, 6.07) is 0. The molecule has 0 saturated carbocycles. The van der Waals surface area contributed by atoms with E-state index >= 15 is 0 Å². The summed E-state index contributed by atoms with van der Waals surface area (Å²) in [5, 5.41) is 6.57. The van der Waals surface area contributed by atoms with Crippen LogP contribution in [0.3, 0.4) is 0 Å². The molecule has 0 heterocycles. The Labute approximate surface area is 152 Å². The fraction of sp³-hybridized carbons (Fsp3) is 0.923. The molecule has 0 unspecified atom stereocenters. The summed E-state index contributed by atoms with van der Waals surface area (Å²) < 4.78 is 21.2. The van der Waals surface area contributed by atoms with E-state index in [0.717, 1.165) is 6.54 Å². The predicted molar refractivity (Wildman–Crippen MR) is 76.1 cm³/mol. The molecule has 0 aliphatic rings. The number of likely N-dealkylation sites (N-methyl/N-ethyl adjacent to an activating group) is 1. The zero-order valence-corrected chi connectivity index (χ0v) is 16.0. The number of amides is 1. The van der Waals surface area contributed by atoms with Crippen LogP contribution in [0.25, 0.3) is 5.32 Å². The third-order valence-corrected chi connectivity index (χ3v) is 2.20. The number of hydrogen-bond donors (Lipinski definition) is 1. The van der Waals surface area contributed by atoms with E-state index in [-0.39, 0.29) is 38.6 Å². The van der Waals surface area contributed by atoms with E-state index in [9.17, 15) is 4.79 Å². The molecule has 0 aliphatic carbocycles. The molecule has 0 aromatic rings. The number of rotatable bonds is 15. The van der Waals surface area contributed by atoms with Crippen LogP contribution in [0.2, 0.25) is 0 Å². The molecular formula is C13H27N2O5Y-. The summed E-state index contributed by atoms with van der Waals surface area (Å²) in [4.78, 5) is 10.6. The van der Waals surface area contributed by atoms with Crippen molar-refractivity contribution in [3.05, 3.63) is 5.32 Å². The van der Waals surface area contributed by atoms with E-state index in [1.165, 1.54) is 6.92 Å². The van der Waals surface area contributed by atoms with Crippen molar-refractivity contribution in [2.24, 2.45) is 0 Å². The van der Waals surface area contributed by atoms with E-state index in [2.05, 4.69) is 10.6 Å². The molecular weight excluding hydrogens is 353 g/mol. The zero-order valence-electron chi connectivity index (χ0n) is 13.1. The molecule has 0 aromatic heterocycles. The van der Waals surface area contributed by atoms with Crippen LogP contribution in [0.1, 0.15) is 6.92 Å². The second kappa shape index (κ2) is 20.4. The van der Waals surface area contributed by atoms with Crippen LogP contribution in [0.15, 0.2) is 0 Å². The first-order valence-electron chi connectivity index (χ1n) is 6.88. The van der Waals surface area contributed by atoms with Gasteiger partial charge in [-0.1, -0.05) is 0 Å². The van der Waals surface area contributed by atoms with Crippen LogP contribution >= 0.6 is 0 Å². The van der Waals surface area contributed by atoms with Gasteiger partial charge in [-0.05, 0) is 0 Å². The van der Waals surface area contributed by atoms with Gasteiger partial charge >= 0.3 is 0 Å². The second-order valence-electron chi connectivity index (χ2n) is 3.97. The number of nitrogens with one attached hydrogen (secondary N) is 1. The normalized spacial score (nSPS) is 10.2. The molecule has 0 fully saturated rings. The van der Waals surface area contributed by atoms with Gasteiger partial charge in [0.15, 0.2) is 0 Å². The molecule has 0 saturated heterocycles. The number of nitrogens with zero attached hydrogens (tertiary/aromatic N) is 1. The third-order valence-electron chi connectivity index (χ3n) is 2.20. The molecule has 0 aromatic carbocycles. The van der Waals surface area contributed by atoms with Crippen LogP contribution in [-0.2, 0) is 56.5 Å². The maximum Gasteiger partial charge on any atom is 0.216 e. The monoisotopic (exact) mass is 380 g/mol. The Hall–Kier alpha value is 0.374. The quantitative estimate of drug-likeness (QED) is 0.411. The van der Waals surface area contributed by atoms with Crippen molar-refractivity contribution in [1.29, 1.82) is 0 Å². The number of hydrogen-bond acceptors (Lipinski definition) is 5. The molecule has 7 nitrogen and oxygen atoms in total. The average molecular weight is 380 g/mol. The molecule has 123 valence electrons. The van der Waals surface area contributed by atoms with Crippen molar-refractivity contribution < 1.29 is 56.5 Å². The molecule has 1 radical (unpaired) electrons. The van der Waals surface area contributed by atoms with Crippen molar-refractivity contribution in [2.75, 3.05) is 73.0 Å². The van der Waals surface area contributed by atoms with Crippen LogP contribution < -0.4 is 5.32 Å². The number of carbonyl (C=O) groups is 1. The van der Waals surface area contributed by atoms with Crippen LogP contribution in [-0.4, -0.2) is 78.9 Å². The standard InChI is InChI=1S/C13H27N2O5.Y/c1-13(16)15-4-6-18-8-10-20-12-11-19-9-7-17-5-3-14-2;/h3-12H2,1-2H3,(H,15,16);/q-1;. The fourth-order valence-corrected chi connectivity index (χ4v) is 1.22. The molecule has 0 rings (SSSR count). The first-order valence-corrected chi connectivity index (χ1v) is 6.88. The second-order valence-corrected chi connectivity index (χ2v) is 3.97. The van der Waals surface area contributed by atoms with Crippen molar-refractivity contribution in [2.45, 2.75) is 6.92 Å². The minimum Gasteiger partial charge on any atom is -0.663 e. The molecule has 0 bridgehead atoms. The van der Waals surface area contributed by atoms with Crippen molar-refractivity contribution >= 4 is 5.91 Å². The molecule has 0 spiro atoms. The summed E-state index contributed by atoms with van der Waals surface area (Å²) in [5.41, 5.74) is 0. The summed E-state index contributed by atoms with van der Waals surface area (Å²) in [7, 11) is 1.76. The SMILES string of the molecule is C[N-]CCOCCOCCOCCOCCNC(C)=O.[Y]. The summed E-state index contributed by atoms with van der Waals surface area (Å²) in [5.74, 6) is -0.0462. The molecule has 21 heavy (non-hydrogen) atoms. The predicted octanol–water partition coefficient (Wildman–Crippen LogP) is 0.190. The Morgan fingerprint density at radius 1 is 0.857 bits per heavy atom. The van der Waals surface area contributed by atoms with Crippen molar-refractivity contribution in [3.63, 3.8) is 0 Å². The van der Waals surface area contributed by atoms with Crippen LogP contribution in [0.5, 0.6) is 0 Å². The fourth-order valence-electron chi connectivity index (χ4n) is 1.22. The van der Waals surface area contributed by atoms with Crippen LogP contribution in [0.4, 0.5) is 0 Å². The van der Waals surface area contributed by atoms with Gasteiger partial charge in [0, 0.05) is 52.8 Å². The van der Waals surface area contributed by atoms with E-state index in [4.69, 9.17) is 18.9 Å². The molecule has 8 heteroatoms. The van der Waals surface area contributed by atoms with Gasteiger partial charge in [-0.25, -0.2) is 0 Å². The maximum atomic E-state index is 10.6. The Morgan fingerprint density at radius 2 is 1.29 bits per heavy atom. The van der Waals surface area contributed by atoms with Gasteiger partial charge in [0.2, 0.25) is 5.91 Å². The Balaban J connectivity index is 0. The first kappa shape index (κ1) is 23.6. The minimum absolute atomic E-state index is 0. The Kier molecular flexibility index (Phi) is 22.9. The van der Waals surface area contributed by atoms with E-state index < -0.39 is 0 Å². The molecule has 0 aliphatic heterocycles. The van der Waals surface area contributed by atoms with Gasteiger partial charge in [-0.15, -0.1) is 6.54 Å². The summed E-state index contributed by atoms with van der Waals surface area (Å²) >= 11 is 0.